The number of hydrogen-bond acceptors (Lipinski definition) is 5. The van der Waals surface area contributed by atoms with Gasteiger partial charge in [0.15, 0.2) is 10.8 Å². The van der Waals surface area contributed by atoms with E-state index in [9.17, 15) is 4.79 Å². The lowest BCUT2D eigenvalue weighted by molar-refractivity contribution is 0.0980. The first-order valence-corrected chi connectivity index (χ1v) is 9.51. The minimum absolute atomic E-state index is 0. The van der Waals surface area contributed by atoms with E-state index in [-0.39, 0.29) is 18.3 Å². The largest absolute Gasteiger partial charge is 0.309 e. The average Bonchev–Trinajstić information content (AvgIpc) is 3.21. The van der Waals surface area contributed by atoms with Crippen molar-refractivity contribution in [2.45, 2.75) is 20.3 Å². The minimum atomic E-state index is -0.0993. The molecule has 0 aliphatic carbocycles. The van der Waals surface area contributed by atoms with Crippen molar-refractivity contribution in [2.24, 2.45) is 7.05 Å². The number of thiazole rings is 1. The molecule has 0 saturated carbocycles. The van der Waals surface area contributed by atoms with Crippen LogP contribution in [0.15, 0.2) is 24.4 Å². The van der Waals surface area contributed by atoms with Crippen molar-refractivity contribution in [3.8, 4) is 0 Å². The summed E-state index contributed by atoms with van der Waals surface area (Å²) in [5.74, 6) is -0.0993. The third-order valence-electron chi connectivity index (χ3n) is 4.47. The van der Waals surface area contributed by atoms with Crippen LogP contribution >= 0.6 is 23.7 Å². The normalized spacial score (nSPS) is 11.0. The maximum absolute atomic E-state index is 13.1. The SMILES string of the molecule is Cc1ccc2sc(N(CCCN(C)C)C(=O)c3ccn(C)n3)nc2c1C.Cl. The van der Waals surface area contributed by atoms with Gasteiger partial charge in [-0.3, -0.25) is 14.4 Å². The fourth-order valence-electron chi connectivity index (χ4n) is 2.83. The summed E-state index contributed by atoms with van der Waals surface area (Å²) in [6, 6.07) is 5.95. The Kier molecular flexibility index (Phi) is 6.97. The number of aromatic nitrogens is 3. The van der Waals surface area contributed by atoms with Gasteiger partial charge in [-0.15, -0.1) is 12.4 Å². The molecule has 3 aromatic rings. The van der Waals surface area contributed by atoms with Gasteiger partial charge in [0, 0.05) is 19.8 Å². The molecule has 1 amide bonds. The van der Waals surface area contributed by atoms with Gasteiger partial charge in [-0.2, -0.15) is 5.10 Å². The molecule has 0 aliphatic rings. The Morgan fingerprint density at radius 3 is 2.56 bits per heavy atom. The van der Waals surface area contributed by atoms with Crippen LogP contribution in [-0.2, 0) is 7.05 Å². The number of halogens is 1. The van der Waals surface area contributed by atoms with E-state index in [0.29, 0.717) is 12.2 Å². The lowest BCUT2D eigenvalue weighted by Crippen LogP contribution is -2.33. The fraction of sp³-hybridized carbons (Fsp3) is 0.421. The molecule has 0 N–H and O–H groups in total. The Hall–Kier alpha value is -1.96. The van der Waals surface area contributed by atoms with Crippen molar-refractivity contribution in [1.82, 2.24) is 19.7 Å². The second-order valence-electron chi connectivity index (χ2n) is 6.84. The predicted octanol–water partition coefficient (Wildman–Crippen LogP) is 3.67. The standard InChI is InChI=1S/C19H25N5OS.ClH/c1-13-7-8-16-17(14(13)2)20-19(26-16)24(11-6-10-22(3)4)18(25)15-9-12-23(5)21-15;/h7-9,12H,6,10-11H2,1-5H3;1H. The van der Waals surface area contributed by atoms with Crippen molar-refractivity contribution in [3.05, 3.63) is 41.2 Å². The van der Waals surface area contributed by atoms with Crippen LogP contribution in [0.4, 0.5) is 5.13 Å². The molecule has 3 rings (SSSR count). The summed E-state index contributed by atoms with van der Waals surface area (Å²) in [5.41, 5.74) is 3.81. The second kappa shape index (κ2) is 8.82. The monoisotopic (exact) mass is 407 g/mol. The van der Waals surface area contributed by atoms with E-state index in [4.69, 9.17) is 4.98 Å². The van der Waals surface area contributed by atoms with Gasteiger partial charge in [-0.25, -0.2) is 4.98 Å². The van der Waals surface area contributed by atoms with Gasteiger partial charge in [0.1, 0.15) is 0 Å². The van der Waals surface area contributed by atoms with E-state index >= 15 is 0 Å². The number of amides is 1. The van der Waals surface area contributed by atoms with Crippen molar-refractivity contribution < 1.29 is 4.79 Å². The van der Waals surface area contributed by atoms with Gasteiger partial charge >= 0.3 is 0 Å². The molecule has 0 radical (unpaired) electrons. The van der Waals surface area contributed by atoms with Crippen LogP contribution < -0.4 is 4.90 Å². The number of benzene rings is 1. The number of fused-ring (bicyclic) bond motifs is 1. The first-order valence-electron chi connectivity index (χ1n) is 8.70. The summed E-state index contributed by atoms with van der Waals surface area (Å²) >= 11 is 1.56. The topological polar surface area (TPSA) is 54.3 Å². The molecule has 2 aromatic heterocycles. The summed E-state index contributed by atoms with van der Waals surface area (Å²) < 4.78 is 2.76. The Bertz CT molecular complexity index is 933. The quantitative estimate of drug-likeness (QED) is 0.625. The number of rotatable bonds is 6. The molecule has 0 fully saturated rings. The fourth-order valence-corrected chi connectivity index (χ4v) is 3.88. The Morgan fingerprint density at radius 2 is 1.93 bits per heavy atom. The minimum Gasteiger partial charge on any atom is -0.309 e. The van der Waals surface area contributed by atoms with Gasteiger partial charge in [-0.05, 0) is 64.2 Å². The van der Waals surface area contributed by atoms with Gasteiger partial charge in [0.25, 0.3) is 5.91 Å². The summed E-state index contributed by atoms with van der Waals surface area (Å²) in [5, 5.41) is 5.02. The van der Waals surface area contributed by atoms with Crippen molar-refractivity contribution >= 4 is 45.0 Å². The van der Waals surface area contributed by atoms with E-state index in [2.05, 4.69) is 36.0 Å². The first-order chi connectivity index (χ1) is 12.4. The molecule has 8 heteroatoms. The third-order valence-corrected chi connectivity index (χ3v) is 5.51. The summed E-state index contributed by atoms with van der Waals surface area (Å²) in [7, 11) is 5.89. The molecule has 0 aliphatic heterocycles. The summed E-state index contributed by atoms with van der Waals surface area (Å²) in [4.78, 5) is 21.8. The van der Waals surface area contributed by atoms with Crippen LogP contribution in [0.2, 0.25) is 0 Å². The molecule has 1 aromatic carbocycles. The van der Waals surface area contributed by atoms with Crippen molar-refractivity contribution in [1.29, 1.82) is 0 Å². The number of aryl methyl sites for hydroxylation is 3. The smallest absolute Gasteiger partial charge is 0.280 e. The third kappa shape index (κ3) is 4.66. The van der Waals surface area contributed by atoms with Crippen molar-refractivity contribution in [2.75, 3.05) is 32.1 Å². The maximum atomic E-state index is 13.1. The van der Waals surface area contributed by atoms with Gasteiger partial charge in [0.2, 0.25) is 0 Å². The van der Waals surface area contributed by atoms with E-state index in [1.807, 2.05) is 21.1 Å². The zero-order valence-corrected chi connectivity index (χ0v) is 18.0. The molecule has 27 heavy (non-hydrogen) atoms. The van der Waals surface area contributed by atoms with Gasteiger partial charge in [0.05, 0.1) is 10.2 Å². The Morgan fingerprint density at radius 1 is 1.19 bits per heavy atom. The van der Waals surface area contributed by atoms with E-state index in [0.717, 1.165) is 28.3 Å². The molecule has 0 spiro atoms. The van der Waals surface area contributed by atoms with Crippen LogP contribution in [0.5, 0.6) is 0 Å². The van der Waals surface area contributed by atoms with Crippen molar-refractivity contribution in [3.63, 3.8) is 0 Å². The summed E-state index contributed by atoms with van der Waals surface area (Å²) in [6.45, 7) is 5.69. The number of nitrogens with zero attached hydrogens (tertiary/aromatic N) is 5. The van der Waals surface area contributed by atoms with Crippen LogP contribution in [0.1, 0.15) is 28.0 Å². The van der Waals surface area contributed by atoms with Crippen LogP contribution in [-0.4, -0.2) is 52.8 Å². The zero-order chi connectivity index (χ0) is 18.8. The highest BCUT2D eigenvalue weighted by molar-refractivity contribution is 7.22. The summed E-state index contributed by atoms with van der Waals surface area (Å²) in [6.07, 6.45) is 2.66. The number of carbonyl (C=O) groups excluding carboxylic acids is 1. The molecular formula is C19H26ClN5OS. The highest BCUT2D eigenvalue weighted by Crippen LogP contribution is 2.32. The maximum Gasteiger partial charge on any atom is 0.280 e. The predicted molar refractivity (Wildman–Crippen MR) is 114 cm³/mol. The highest BCUT2D eigenvalue weighted by atomic mass is 35.5. The highest BCUT2D eigenvalue weighted by Gasteiger charge is 2.23. The van der Waals surface area contributed by atoms with Gasteiger partial charge in [-0.1, -0.05) is 17.4 Å². The Labute approximate surface area is 170 Å². The van der Waals surface area contributed by atoms with E-state index in [1.165, 1.54) is 11.1 Å². The van der Waals surface area contributed by atoms with Crippen LogP contribution in [0.3, 0.4) is 0 Å². The Balaban J connectivity index is 0.00000261. The lowest BCUT2D eigenvalue weighted by Gasteiger charge is -2.20. The number of carbonyl (C=O) groups is 1. The molecular weight excluding hydrogens is 382 g/mol. The molecule has 0 bridgehead atoms. The molecule has 6 nitrogen and oxygen atoms in total. The number of hydrogen-bond donors (Lipinski definition) is 0. The molecule has 0 saturated heterocycles. The zero-order valence-electron chi connectivity index (χ0n) is 16.4. The van der Waals surface area contributed by atoms with Gasteiger partial charge < -0.3 is 4.90 Å². The molecule has 146 valence electrons. The average molecular weight is 408 g/mol. The molecule has 0 atom stereocenters. The number of anilines is 1. The van der Waals surface area contributed by atoms with Crippen LogP contribution in [0.25, 0.3) is 10.2 Å². The van der Waals surface area contributed by atoms with E-state index < -0.39 is 0 Å². The lowest BCUT2D eigenvalue weighted by atomic mass is 10.1. The van der Waals surface area contributed by atoms with E-state index in [1.54, 1.807) is 33.2 Å². The van der Waals surface area contributed by atoms with Crippen LogP contribution in [0, 0.1) is 13.8 Å². The molecule has 0 unspecified atom stereocenters. The second-order valence-corrected chi connectivity index (χ2v) is 7.85. The first kappa shape index (κ1) is 21.3. The molecule has 2 heterocycles.